The number of benzene rings is 1. The van der Waals surface area contributed by atoms with Crippen LogP contribution in [0, 0.1) is 18.3 Å². The van der Waals surface area contributed by atoms with Gasteiger partial charge in [0.05, 0.1) is 22.9 Å². The minimum Gasteiger partial charge on any atom is -0.391 e. The summed E-state index contributed by atoms with van der Waals surface area (Å²) in [5.74, 6) is -0.143. The fourth-order valence-electron chi connectivity index (χ4n) is 3.18. The molecule has 1 atom stereocenters. The quantitative estimate of drug-likeness (QED) is 0.582. The molecular formula is C18H17N5O2S2. The number of amides is 1. The molecule has 0 bridgehead atoms. The van der Waals surface area contributed by atoms with Gasteiger partial charge < -0.3 is 19.7 Å². The molecule has 1 amide bonds. The summed E-state index contributed by atoms with van der Waals surface area (Å²) in [6.07, 6.45) is 1.88. The fourth-order valence-corrected chi connectivity index (χ4v) is 4.67. The van der Waals surface area contributed by atoms with E-state index < -0.39 is 6.10 Å². The first-order chi connectivity index (χ1) is 13.1. The number of carbonyl (C=O) groups is 1. The summed E-state index contributed by atoms with van der Waals surface area (Å²) in [4.78, 5) is 21.6. The largest absolute Gasteiger partial charge is 0.391 e. The van der Waals surface area contributed by atoms with Crippen LogP contribution in [0.4, 0.5) is 5.69 Å². The van der Waals surface area contributed by atoms with E-state index in [4.69, 9.17) is 0 Å². The molecule has 0 saturated carbocycles. The number of H-pyrrole nitrogens is 1. The Hall–Kier alpha value is -2.54. The number of nitriles is 1. The Morgan fingerprint density at radius 3 is 3.15 bits per heavy atom. The molecule has 1 fully saturated rings. The number of hydrogen-bond donors (Lipinski definition) is 3. The summed E-state index contributed by atoms with van der Waals surface area (Å²) >= 11 is 2.72. The van der Waals surface area contributed by atoms with Crippen LogP contribution in [0.2, 0.25) is 0 Å². The van der Waals surface area contributed by atoms with Gasteiger partial charge >= 0.3 is 0 Å². The molecule has 4 rings (SSSR count). The zero-order chi connectivity index (χ0) is 19.0. The number of nitrogens with zero attached hydrogens (tertiary/aromatic N) is 3. The van der Waals surface area contributed by atoms with E-state index in [0.717, 1.165) is 26.5 Å². The van der Waals surface area contributed by atoms with Crippen molar-refractivity contribution in [1.29, 1.82) is 5.26 Å². The van der Waals surface area contributed by atoms with Crippen molar-refractivity contribution in [3.05, 3.63) is 40.5 Å². The predicted octanol–water partition coefficient (Wildman–Crippen LogP) is 3.13. The summed E-state index contributed by atoms with van der Waals surface area (Å²) in [7, 11) is 0. The second-order valence-corrected chi connectivity index (χ2v) is 8.30. The van der Waals surface area contributed by atoms with E-state index in [2.05, 4.69) is 20.8 Å². The molecule has 3 N–H and O–H groups in total. The molecule has 27 heavy (non-hydrogen) atoms. The van der Waals surface area contributed by atoms with Gasteiger partial charge in [-0.2, -0.15) is 5.26 Å². The summed E-state index contributed by atoms with van der Waals surface area (Å²) in [5, 5.41) is 21.5. The lowest BCUT2D eigenvalue weighted by Crippen LogP contribution is -2.29. The highest BCUT2D eigenvalue weighted by Gasteiger charge is 2.26. The topological polar surface area (TPSA) is 105 Å². The van der Waals surface area contributed by atoms with Crippen molar-refractivity contribution in [3.63, 3.8) is 0 Å². The number of thiazole rings is 1. The predicted molar refractivity (Wildman–Crippen MR) is 106 cm³/mol. The van der Waals surface area contributed by atoms with Crippen LogP contribution in [-0.4, -0.2) is 45.1 Å². The van der Waals surface area contributed by atoms with E-state index >= 15 is 0 Å². The summed E-state index contributed by atoms with van der Waals surface area (Å²) in [6.45, 7) is 2.90. The van der Waals surface area contributed by atoms with Crippen molar-refractivity contribution in [2.45, 2.75) is 23.8 Å². The zero-order valence-corrected chi connectivity index (χ0v) is 16.2. The van der Waals surface area contributed by atoms with Crippen LogP contribution in [0.1, 0.15) is 28.0 Å². The summed E-state index contributed by atoms with van der Waals surface area (Å²) < 4.78 is 3.98. The Morgan fingerprint density at radius 1 is 1.56 bits per heavy atom. The molecule has 1 aliphatic rings. The molecule has 0 spiro atoms. The van der Waals surface area contributed by atoms with Crippen LogP contribution >= 0.6 is 23.3 Å². The number of carbonyl (C=O) groups excluding carboxylic acids is 1. The summed E-state index contributed by atoms with van der Waals surface area (Å²) in [6, 6.07) is 6.12. The van der Waals surface area contributed by atoms with Gasteiger partial charge in [0, 0.05) is 42.0 Å². The highest BCUT2D eigenvalue weighted by atomic mass is 32.2. The Morgan fingerprint density at radius 2 is 2.41 bits per heavy atom. The Bertz CT molecular complexity index is 1050. The van der Waals surface area contributed by atoms with Gasteiger partial charge in [0.25, 0.3) is 5.91 Å². The first-order valence-corrected chi connectivity index (χ1v) is 10.1. The molecule has 1 aliphatic heterocycles. The SMILES string of the molecule is Cc1ccc(NSc2nc(C(=O)N3CCC(O)C3)cs2)c2[nH]cc(C#N)c12. The van der Waals surface area contributed by atoms with E-state index in [1.807, 2.05) is 19.1 Å². The van der Waals surface area contributed by atoms with Crippen molar-refractivity contribution < 1.29 is 9.90 Å². The zero-order valence-electron chi connectivity index (χ0n) is 14.5. The first kappa shape index (κ1) is 17.9. The molecule has 7 nitrogen and oxygen atoms in total. The number of aliphatic hydroxyl groups is 1. The standard InChI is InChI=1S/C18H17N5O2S2/c1-10-2-3-13(16-15(10)11(6-19)7-20-16)22-27-18-21-14(9-26-18)17(25)23-5-4-12(24)8-23/h2-3,7,9,12,20,22,24H,4-5,8H2,1H3. The molecule has 138 valence electrons. The van der Waals surface area contributed by atoms with Crippen molar-refractivity contribution in [2.75, 3.05) is 17.8 Å². The molecule has 1 aromatic carbocycles. The lowest BCUT2D eigenvalue weighted by atomic mass is 10.1. The Labute approximate surface area is 164 Å². The maximum absolute atomic E-state index is 12.4. The van der Waals surface area contributed by atoms with E-state index in [1.54, 1.807) is 16.5 Å². The second kappa shape index (κ2) is 7.23. The highest BCUT2D eigenvalue weighted by Crippen LogP contribution is 2.32. The van der Waals surface area contributed by atoms with E-state index in [0.29, 0.717) is 30.8 Å². The first-order valence-electron chi connectivity index (χ1n) is 8.43. The van der Waals surface area contributed by atoms with Gasteiger partial charge in [-0.1, -0.05) is 6.07 Å². The lowest BCUT2D eigenvalue weighted by Gasteiger charge is -2.13. The molecule has 3 heterocycles. The maximum atomic E-state index is 12.4. The van der Waals surface area contributed by atoms with Crippen molar-refractivity contribution >= 4 is 45.8 Å². The molecule has 0 radical (unpaired) electrons. The smallest absolute Gasteiger partial charge is 0.273 e. The molecule has 1 saturated heterocycles. The van der Waals surface area contributed by atoms with Gasteiger partial charge in [0.1, 0.15) is 11.8 Å². The Balaban J connectivity index is 1.49. The average molecular weight is 400 g/mol. The third-order valence-electron chi connectivity index (χ3n) is 4.57. The van der Waals surface area contributed by atoms with Gasteiger partial charge in [-0.05, 0) is 25.0 Å². The van der Waals surface area contributed by atoms with Gasteiger partial charge in [0.15, 0.2) is 4.34 Å². The van der Waals surface area contributed by atoms with E-state index in [9.17, 15) is 15.2 Å². The highest BCUT2D eigenvalue weighted by molar-refractivity contribution is 8.02. The Kier molecular flexibility index (Phi) is 4.78. The number of fused-ring (bicyclic) bond motifs is 1. The number of likely N-dealkylation sites (tertiary alicyclic amines) is 1. The van der Waals surface area contributed by atoms with Gasteiger partial charge in [-0.25, -0.2) is 4.98 Å². The molecule has 9 heteroatoms. The van der Waals surface area contributed by atoms with E-state index in [-0.39, 0.29) is 5.91 Å². The average Bonchev–Trinajstić information content (AvgIpc) is 3.40. The third kappa shape index (κ3) is 3.39. The van der Waals surface area contributed by atoms with Crippen molar-refractivity contribution in [1.82, 2.24) is 14.9 Å². The van der Waals surface area contributed by atoms with Crippen molar-refractivity contribution in [2.24, 2.45) is 0 Å². The number of aromatic nitrogens is 2. The van der Waals surface area contributed by atoms with Crippen LogP contribution in [0.15, 0.2) is 28.0 Å². The molecule has 1 unspecified atom stereocenters. The number of nitrogens with one attached hydrogen (secondary N) is 2. The number of aliphatic hydroxyl groups excluding tert-OH is 1. The molecule has 0 aliphatic carbocycles. The lowest BCUT2D eigenvalue weighted by molar-refractivity contribution is 0.0759. The van der Waals surface area contributed by atoms with Crippen LogP contribution < -0.4 is 4.72 Å². The number of β-amino-alcohol motifs (C(OH)–C–C–N with tert-alkyl or cyclic N) is 1. The van der Waals surface area contributed by atoms with E-state index in [1.165, 1.54) is 23.3 Å². The van der Waals surface area contributed by atoms with Crippen LogP contribution in [0.5, 0.6) is 0 Å². The van der Waals surface area contributed by atoms with Gasteiger partial charge in [0.2, 0.25) is 0 Å². The summed E-state index contributed by atoms with van der Waals surface area (Å²) in [5.41, 5.74) is 3.78. The molecular weight excluding hydrogens is 382 g/mol. The second-order valence-electron chi connectivity index (χ2n) is 6.39. The van der Waals surface area contributed by atoms with Crippen LogP contribution in [0.3, 0.4) is 0 Å². The third-order valence-corrected chi connectivity index (χ3v) is 6.33. The monoisotopic (exact) mass is 399 g/mol. The number of aryl methyl sites for hydroxylation is 1. The fraction of sp³-hybridized carbons (Fsp3) is 0.278. The molecule has 2 aromatic heterocycles. The minimum atomic E-state index is -0.439. The number of rotatable bonds is 4. The van der Waals surface area contributed by atoms with Crippen LogP contribution in [-0.2, 0) is 0 Å². The maximum Gasteiger partial charge on any atom is 0.273 e. The minimum absolute atomic E-state index is 0.143. The molecule has 3 aromatic rings. The number of aromatic amines is 1. The normalized spacial score (nSPS) is 16.6. The number of hydrogen-bond acceptors (Lipinski definition) is 7. The van der Waals surface area contributed by atoms with Gasteiger partial charge in [-0.15, -0.1) is 11.3 Å². The number of anilines is 1. The van der Waals surface area contributed by atoms with Gasteiger partial charge in [-0.3, -0.25) is 4.79 Å². The van der Waals surface area contributed by atoms with Crippen LogP contribution in [0.25, 0.3) is 10.9 Å². The van der Waals surface area contributed by atoms with Crippen molar-refractivity contribution in [3.8, 4) is 6.07 Å².